The fourth-order valence-corrected chi connectivity index (χ4v) is 3.85. The fourth-order valence-electron chi connectivity index (χ4n) is 2.13. The normalized spacial score (nSPS) is 10.9. The third-order valence-corrected chi connectivity index (χ3v) is 5.53. The largest absolute Gasteiger partial charge is 0.367 e. The SMILES string of the molecule is Cc1cc2c(=O)[nH]c(CSC(=S)NCc3ccc(F)cc3)nc2s1. The molecule has 0 aliphatic carbocycles. The molecular weight excluding hydrogens is 365 g/mol. The Morgan fingerprint density at radius 2 is 2.17 bits per heavy atom. The van der Waals surface area contributed by atoms with Gasteiger partial charge in [0.1, 0.15) is 20.8 Å². The molecule has 0 bridgehead atoms. The van der Waals surface area contributed by atoms with Crippen molar-refractivity contribution in [2.24, 2.45) is 0 Å². The first-order chi connectivity index (χ1) is 11.5. The highest BCUT2D eigenvalue weighted by atomic mass is 32.2. The fraction of sp³-hybridized carbons (Fsp3) is 0.188. The number of hydrogen-bond donors (Lipinski definition) is 2. The molecule has 0 saturated carbocycles. The molecular formula is C16H14FN3OS3. The molecule has 0 saturated heterocycles. The van der Waals surface area contributed by atoms with Crippen LogP contribution in [0.1, 0.15) is 16.3 Å². The molecule has 1 aromatic carbocycles. The number of aromatic nitrogens is 2. The van der Waals surface area contributed by atoms with Crippen molar-refractivity contribution in [2.45, 2.75) is 19.2 Å². The van der Waals surface area contributed by atoms with E-state index in [-0.39, 0.29) is 11.4 Å². The Morgan fingerprint density at radius 1 is 1.42 bits per heavy atom. The van der Waals surface area contributed by atoms with Crippen LogP contribution < -0.4 is 10.9 Å². The summed E-state index contributed by atoms with van der Waals surface area (Å²) in [4.78, 5) is 21.1. The van der Waals surface area contributed by atoms with Crippen molar-refractivity contribution in [3.63, 3.8) is 0 Å². The van der Waals surface area contributed by atoms with Gasteiger partial charge in [0.15, 0.2) is 0 Å². The summed E-state index contributed by atoms with van der Waals surface area (Å²) in [7, 11) is 0. The minimum Gasteiger partial charge on any atom is -0.367 e. The molecule has 2 heterocycles. The number of aryl methyl sites for hydroxylation is 1. The van der Waals surface area contributed by atoms with E-state index in [9.17, 15) is 9.18 Å². The number of benzene rings is 1. The average Bonchev–Trinajstić information content (AvgIpc) is 2.93. The maximum atomic E-state index is 12.9. The van der Waals surface area contributed by atoms with Crippen LogP contribution in [0.4, 0.5) is 4.39 Å². The van der Waals surface area contributed by atoms with Crippen molar-refractivity contribution in [2.75, 3.05) is 0 Å². The smallest absolute Gasteiger partial charge is 0.259 e. The van der Waals surface area contributed by atoms with Crippen LogP contribution in [-0.4, -0.2) is 14.3 Å². The summed E-state index contributed by atoms with van der Waals surface area (Å²) in [6, 6.07) is 8.10. The molecule has 0 aliphatic rings. The summed E-state index contributed by atoms with van der Waals surface area (Å²) in [6.07, 6.45) is 0. The number of fused-ring (bicyclic) bond motifs is 1. The number of thiocarbonyl (C=S) groups is 1. The van der Waals surface area contributed by atoms with Crippen LogP contribution in [-0.2, 0) is 12.3 Å². The lowest BCUT2D eigenvalue weighted by atomic mass is 10.2. The predicted molar refractivity (Wildman–Crippen MR) is 102 cm³/mol. The third kappa shape index (κ3) is 4.19. The van der Waals surface area contributed by atoms with Crippen molar-refractivity contribution in [3.05, 3.63) is 62.8 Å². The van der Waals surface area contributed by atoms with Gasteiger partial charge >= 0.3 is 0 Å². The minimum atomic E-state index is -0.259. The van der Waals surface area contributed by atoms with Gasteiger partial charge < -0.3 is 10.3 Å². The lowest BCUT2D eigenvalue weighted by Gasteiger charge is -2.07. The van der Waals surface area contributed by atoms with E-state index in [0.717, 1.165) is 15.3 Å². The second kappa shape index (κ2) is 7.42. The number of thioether (sulfide) groups is 1. The molecule has 0 unspecified atom stereocenters. The van der Waals surface area contributed by atoms with Gasteiger partial charge in [0, 0.05) is 11.4 Å². The van der Waals surface area contributed by atoms with Gasteiger partial charge in [-0.25, -0.2) is 9.37 Å². The highest BCUT2D eigenvalue weighted by molar-refractivity contribution is 8.22. The van der Waals surface area contributed by atoms with Gasteiger partial charge in [-0.1, -0.05) is 36.1 Å². The molecule has 8 heteroatoms. The first-order valence-electron chi connectivity index (χ1n) is 7.15. The average molecular weight is 380 g/mol. The molecule has 0 spiro atoms. The van der Waals surface area contributed by atoms with Gasteiger partial charge in [-0.2, -0.15) is 0 Å². The zero-order valence-electron chi connectivity index (χ0n) is 12.8. The van der Waals surface area contributed by atoms with E-state index in [1.165, 1.54) is 35.2 Å². The Kier molecular flexibility index (Phi) is 5.27. The molecule has 0 atom stereocenters. The van der Waals surface area contributed by atoms with E-state index in [2.05, 4.69) is 15.3 Å². The zero-order valence-corrected chi connectivity index (χ0v) is 15.2. The molecule has 0 radical (unpaired) electrons. The van der Waals surface area contributed by atoms with E-state index in [0.29, 0.717) is 27.8 Å². The number of thiophene rings is 1. The topological polar surface area (TPSA) is 57.8 Å². The Morgan fingerprint density at radius 3 is 2.92 bits per heavy atom. The van der Waals surface area contributed by atoms with Gasteiger partial charge in [0.2, 0.25) is 0 Å². The molecule has 2 N–H and O–H groups in total. The Balaban J connectivity index is 1.58. The summed E-state index contributed by atoms with van der Waals surface area (Å²) in [5, 5.41) is 3.73. The second-order valence-electron chi connectivity index (χ2n) is 5.14. The zero-order chi connectivity index (χ0) is 17.1. The number of aromatic amines is 1. The summed E-state index contributed by atoms with van der Waals surface area (Å²) in [5.74, 6) is 0.826. The lowest BCUT2D eigenvalue weighted by Crippen LogP contribution is -2.18. The molecule has 0 aliphatic heterocycles. The van der Waals surface area contributed by atoms with Crippen LogP contribution >= 0.6 is 35.3 Å². The molecule has 4 nitrogen and oxygen atoms in total. The predicted octanol–water partition coefficient (Wildman–Crippen LogP) is 3.74. The second-order valence-corrected chi connectivity index (χ2v) is 8.03. The third-order valence-electron chi connectivity index (χ3n) is 3.26. The first kappa shape index (κ1) is 17.1. The molecule has 124 valence electrons. The van der Waals surface area contributed by atoms with Crippen LogP contribution in [0.3, 0.4) is 0 Å². The van der Waals surface area contributed by atoms with Gasteiger partial charge in [-0.15, -0.1) is 11.3 Å². The van der Waals surface area contributed by atoms with Gasteiger partial charge in [-0.05, 0) is 30.7 Å². The van der Waals surface area contributed by atoms with E-state index in [1.54, 1.807) is 12.1 Å². The van der Waals surface area contributed by atoms with Gasteiger partial charge in [0.05, 0.1) is 11.1 Å². The number of nitrogens with zero attached hydrogens (tertiary/aromatic N) is 1. The molecule has 2 aromatic heterocycles. The van der Waals surface area contributed by atoms with Crippen LogP contribution in [0.25, 0.3) is 10.2 Å². The molecule has 3 aromatic rings. The molecule has 0 fully saturated rings. The van der Waals surface area contributed by atoms with Gasteiger partial charge in [0.25, 0.3) is 5.56 Å². The van der Waals surface area contributed by atoms with Crippen molar-refractivity contribution < 1.29 is 4.39 Å². The number of halogens is 1. The van der Waals surface area contributed by atoms with E-state index >= 15 is 0 Å². The molecule has 3 rings (SSSR count). The van der Waals surface area contributed by atoms with Crippen LogP contribution in [0.5, 0.6) is 0 Å². The monoisotopic (exact) mass is 379 g/mol. The van der Waals surface area contributed by atoms with E-state index < -0.39 is 0 Å². The standard InChI is InChI=1S/C16H14FN3OS3/c1-9-6-12-14(21)19-13(20-15(12)24-9)8-23-16(22)18-7-10-2-4-11(17)5-3-10/h2-6H,7-8H2,1H3,(H,18,22)(H,19,20,21). The minimum absolute atomic E-state index is 0.120. The summed E-state index contributed by atoms with van der Waals surface area (Å²) >= 11 is 8.17. The maximum Gasteiger partial charge on any atom is 0.259 e. The Hall–Kier alpha value is -1.77. The lowest BCUT2D eigenvalue weighted by molar-refractivity contribution is 0.627. The van der Waals surface area contributed by atoms with E-state index in [1.807, 2.05) is 13.0 Å². The summed E-state index contributed by atoms with van der Waals surface area (Å²) < 4.78 is 13.5. The summed E-state index contributed by atoms with van der Waals surface area (Å²) in [5.41, 5.74) is 0.825. The van der Waals surface area contributed by atoms with Crippen molar-refractivity contribution in [1.82, 2.24) is 15.3 Å². The van der Waals surface area contributed by atoms with Gasteiger partial charge in [-0.3, -0.25) is 4.79 Å². The van der Waals surface area contributed by atoms with Crippen LogP contribution in [0.2, 0.25) is 0 Å². The summed E-state index contributed by atoms with van der Waals surface area (Å²) in [6.45, 7) is 2.48. The maximum absolute atomic E-state index is 12.9. The van der Waals surface area contributed by atoms with Crippen LogP contribution in [0, 0.1) is 12.7 Å². The number of rotatable bonds is 4. The molecule has 24 heavy (non-hydrogen) atoms. The number of hydrogen-bond acceptors (Lipinski definition) is 5. The van der Waals surface area contributed by atoms with Crippen molar-refractivity contribution in [1.29, 1.82) is 0 Å². The van der Waals surface area contributed by atoms with Crippen LogP contribution in [0.15, 0.2) is 35.1 Å². The Bertz CT molecular complexity index is 934. The highest BCUT2D eigenvalue weighted by Gasteiger charge is 2.08. The van der Waals surface area contributed by atoms with Crippen molar-refractivity contribution >= 4 is 49.9 Å². The number of H-pyrrole nitrogens is 1. The van der Waals surface area contributed by atoms with Crippen molar-refractivity contribution in [3.8, 4) is 0 Å². The Labute approximate surface area is 151 Å². The number of nitrogens with one attached hydrogen (secondary N) is 2. The van der Waals surface area contributed by atoms with E-state index in [4.69, 9.17) is 12.2 Å². The quantitative estimate of drug-likeness (QED) is 0.677. The molecule has 0 amide bonds. The highest BCUT2D eigenvalue weighted by Crippen LogP contribution is 2.20. The first-order valence-corrected chi connectivity index (χ1v) is 9.37.